The molecular formula is CH6N3NaO4. The summed E-state index contributed by atoms with van der Waals surface area (Å²) >= 11 is 0. The van der Waals surface area contributed by atoms with Gasteiger partial charge in [0.1, 0.15) is 0 Å². The van der Waals surface area contributed by atoms with Crippen molar-refractivity contribution in [3.05, 3.63) is 10.1 Å². The van der Waals surface area contributed by atoms with Crippen LogP contribution in [-0.4, -0.2) is 45.9 Å². The molecule has 8 heteroatoms. The van der Waals surface area contributed by atoms with Crippen molar-refractivity contribution < 1.29 is 15.1 Å². The van der Waals surface area contributed by atoms with Crippen LogP contribution >= 0.6 is 0 Å². The number of urea groups is 1. The number of carbonyl (C=O) groups is 1. The average molecular weight is 147 g/mol. The van der Waals surface area contributed by atoms with Crippen molar-refractivity contribution in [2.75, 3.05) is 0 Å². The van der Waals surface area contributed by atoms with Crippen LogP contribution in [0.15, 0.2) is 0 Å². The fourth-order valence-electron chi connectivity index (χ4n) is 0. The van der Waals surface area contributed by atoms with Gasteiger partial charge in [-0.25, -0.2) is 4.79 Å². The molecule has 50 valence electrons. The number of amides is 2. The summed E-state index contributed by atoms with van der Waals surface area (Å²) in [5.41, 5.74) is 8.50. The Bertz CT molecular complexity index is 73.8. The summed E-state index contributed by atoms with van der Waals surface area (Å²) in [6.07, 6.45) is 0. The fraction of sp³-hybridized carbons (Fsp3) is 0. The minimum atomic E-state index is -1.50. The normalized spacial score (nSPS) is 5.33. The SMILES string of the molecule is NC(N)=O.O=[N+]([O-])O.[NaH]. The minimum absolute atomic E-state index is 0. The molecule has 9 heavy (non-hydrogen) atoms. The second kappa shape index (κ2) is 10.5. The Kier molecular flexibility index (Phi) is 18.3. The quantitative estimate of drug-likeness (QED) is 0.208. The topological polar surface area (TPSA) is 132 Å². The summed E-state index contributed by atoms with van der Waals surface area (Å²) in [6.45, 7) is 0. The van der Waals surface area contributed by atoms with Gasteiger partial charge in [0.15, 0.2) is 0 Å². The second-order valence-electron chi connectivity index (χ2n) is 0.640. The first kappa shape index (κ1) is 15.8. The van der Waals surface area contributed by atoms with Crippen LogP contribution in [-0.2, 0) is 0 Å². The molecule has 0 atom stereocenters. The summed E-state index contributed by atoms with van der Waals surface area (Å²) in [6, 6.07) is -0.833. The first-order chi connectivity index (χ1) is 3.46. The van der Waals surface area contributed by atoms with E-state index in [9.17, 15) is 0 Å². The molecule has 0 spiro atoms. The van der Waals surface area contributed by atoms with Crippen molar-refractivity contribution in [3.63, 3.8) is 0 Å². The standard InChI is InChI=1S/CH4N2O.HNO3.Na.H/c2*2-1(3)4;;/h(H4,2,3,4);(H,2,3,4);;. The molecule has 7 nitrogen and oxygen atoms in total. The monoisotopic (exact) mass is 147 g/mol. The predicted molar refractivity (Wildman–Crippen MR) is 29.7 cm³/mol. The zero-order valence-corrected chi connectivity index (χ0v) is 3.77. The van der Waals surface area contributed by atoms with Crippen molar-refractivity contribution in [3.8, 4) is 0 Å². The number of hydrogen-bond donors (Lipinski definition) is 3. The molecule has 0 unspecified atom stereocenters. The van der Waals surface area contributed by atoms with Gasteiger partial charge in [0, 0.05) is 0 Å². The van der Waals surface area contributed by atoms with E-state index in [1.165, 1.54) is 0 Å². The average Bonchev–Trinajstić information content (AvgIpc) is 1.25. The van der Waals surface area contributed by atoms with Crippen LogP contribution in [0.5, 0.6) is 0 Å². The molecule has 0 aliphatic carbocycles. The van der Waals surface area contributed by atoms with Gasteiger partial charge in [-0.05, 0) is 0 Å². The maximum absolute atomic E-state index is 9.00. The first-order valence-electron chi connectivity index (χ1n) is 1.35. The van der Waals surface area contributed by atoms with E-state index in [-0.39, 0.29) is 29.6 Å². The molecule has 0 aliphatic rings. The molecular weight excluding hydrogens is 141 g/mol. The van der Waals surface area contributed by atoms with Crippen LogP contribution in [0.1, 0.15) is 0 Å². The molecule has 0 fully saturated rings. The molecule has 0 aromatic rings. The van der Waals surface area contributed by atoms with E-state index in [1.807, 2.05) is 0 Å². The summed E-state index contributed by atoms with van der Waals surface area (Å²) in [7, 11) is 0. The molecule has 0 aliphatic heterocycles. The van der Waals surface area contributed by atoms with Crippen LogP contribution in [0.25, 0.3) is 0 Å². The molecule has 0 saturated heterocycles. The van der Waals surface area contributed by atoms with E-state index in [0.29, 0.717) is 0 Å². The Morgan fingerprint density at radius 3 is 1.56 bits per heavy atom. The third-order valence-corrected chi connectivity index (χ3v) is 0. The van der Waals surface area contributed by atoms with Gasteiger partial charge in [-0.1, -0.05) is 0 Å². The zero-order chi connectivity index (χ0) is 7.15. The van der Waals surface area contributed by atoms with E-state index in [4.69, 9.17) is 20.1 Å². The Morgan fingerprint density at radius 2 is 1.56 bits per heavy atom. The summed E-state index contributed by atoms with van der Waals surface area (Å²) in [5, 5.41) is 13.6. The third kappa shape index (κ3) is 796. The van der Waals surface area contributed by atoms with Crippen LogP contribution in [0.2, 0.25) is 0 Å². The Morgan fingerprint density at radius 1 is 1.56 bits per heavy atom. The van der Waals surface area contributed by atoms with Gasteiger partial charge in [-0.3, -0.25) is 0 Å². The molecule has 0 radical (unpaired) electrons. The van der Waals surface area contributed by atoms with E-state index in [2.05, 4.69) is 11.5 Å². The van der Waals surface area contributed by atoms with E-state index in [1.54, 1.807) is 0 Å². The molecule has 2 amide bonds. The van der Waals surface area contributed by atoms with Crippen LogP contribution in [0.4, 0.5) is 4.79 Å². The molecule has 0 aromatic carbocycles. The van der Waals surface area contributed by atoms with Crippen molar-refractivity contribution >= 4 is 35.6 Å². The number of hydrogen-bond acceptors (Lipinski definition) is 3. The predicted octanol–water partition coefficient (Wildman–Crippen LogP) is -1.97. The molecule has 0 heterocycles. The summed E-state index contributed by atoms with van der Waals surface area (Å²) in [4.78, 5) is 17.4. The van der Waals surface area contributed by atoms with Crippen molar-refractivity contribution in [1.82, 2.24) is 0 Å². The Balaban J connectivity index is -0.0000000720. The summed E-state index contributed by atoms with van der Waals surface area (Å²) < 4.78 is 0. The maximum atomic E-state index is 9.00. The number of nitrogens with two attached hydrogens (primary N) is 2. The van der Waals surface area contributed by atoms with Gasteiger partial charge < -0.3 is 16.7 Å². The fourth-order valence-corrected chi connectivity index (χ4v) is 0. The van der Waals surface area contributed by atoms with Gasteiger partial charge in [0.2, 0.25) is 0 Å². The van der Waals surface area contributed by atoms with Gasteiger partial charge in [0.25, 0.3) is 5.09 Å². The Labute approximate surface area is 72.4 Å². The third-order valence-electron chi connectivity index (χ3n) is 0. The number of carbonyl (C=O) groups excluding carboxylic acids is 1. The summed E-state index contributed by atoms with van der Waals surface area (Å²) in [5.74, 6) is 0. The van der Waals surface area contributed by atoms with Crippen LogP contribution < -0.4 is 11.5 Å². The van der Waals surface area contributed by atoms with Gasteiger partial charge in [-0.15, -0.1) is 10.1 Å². The van der Waals surface area contributed by atoms with Crippen molar-refractivity contribution in [2.24, 2.45) is 11.5 Å². The van der Waals surface area contributed by atoms with Gasteiger partial charge in [0.05, 0.1) is 0 Å². The van der Waals surface area contributed by atoms with Crippen LogP contribution in [0, 0.1) is 10.1 Å². The second-order valence-corrected chi connectivity index (χ2v) is 0.640. The number of rotatable bonds is 0. The number of nitrogens with zero attached hydrogens (tertiary/aromatic N) is 1. The van der Waals surface area contributed by atoms with E-state index in [0.717, 1.165) is 0 Å². The molecule has 0 bridgehead atoms. The van der Waals surface area contributed by atoms with Crippen LogP contribution in [0.3, 0.4) is 0 Å². The molecule has 0 aromatic heterocycles. The molecule has 5 N–H and O–H groups in total. The molecule has 0 saturated carbocycles. The molecule has 0 rings (SSSR count). The zero-order valence-electron chi connectivity index (χ0n) is 3.77. The van der Waals surface area contributed by atoms with Crippen molar-refractivity contribution in [1.29, 1.82) is 0 Å². The van der Waals surface area contributed by atoms with E-state index >= 15 is 0 Å². The van der Waals surface area contributed by atoms with Crippen molar-refractivity contribution in [2.45, 2.75) is 0 Å². The Hall–Kier alpha value is -0.530. The first-order valence-corrected chi connectivity index (χ1v) is 1.35. The van der Waals surface area contributed by atoms with E-state index < -0.39 is 11.1 Å². The number of primary amides is 2. The van der Waals surface area contributed by atoms with Gasteiger partial charge >= 0.3 is 35.6 Å². The van der Waals surface area contributed by atoms with Gasteiger partial charge in [-0.2, -0.15) is 0 Å².